The van der Waals surface area contributed by atoms with Gasteiger partial charge in [0.2, 0.25) is 5.91 Å². The summed E-state index contributed by atoms with van der Waals surface area (Å²) in [6.45, 7) is 4.16. The number of thioether (sulfide) groups is 1. The lowest BCUT2D eigenvalue weighted by Crippen LogP contribution is -2.52. The summed E-state index contributed by atoms with van der Waals surface area (Å²) in [5.41, 5.74) is 1.48. The summed E-state index contributed by atoms with van der Waals surface area (Å²) in [5, 5.41) is 2.85. The lowest BCUT2D eigenvalue weighted by Gasteiger charge is -2.28. The molecule has 0 spiro atoms. The number of ether oxygens (including phenoxy) is 2. The van der Waals surface area contributed by atoms with E-state index in [4.69, 9.17) is 9.47 Å². The molecule has 2 heterocycles. The molecule has 0 bridgehead atoms. The monoisotopic (exact) mass is 473 g/mol. The molecule has 1 unspecified atom stereocenters. The van der Waals surface area contributed by atoms with E-state index in [9.17, 15) is 14.4 Å². The van der Waals surface area contributed by atoms with Gasteiger partial charge >= 0.3 is 11.9 Å². The van der Waals surface area contributed by atoms with Crippen LogP contribution in [-0.2, 0) is 9.59 Å². The molecule has 0 aromatic heterocycles. The van der Waals surface area contributed by atoms with E-state index in [0.29, 0.717) is 35.4 Å². The fourth-order valence-electron chi connectivity index (χ4n) is 3.72. The van der Waals surface area contributed by atoms with Crippen LogP contribution < -0.4 is 14.8 Å². The largest absolute Gasteiger partial charge is 0.493 e. The van der Waals surface area contributed by atoms with E-state index in [1.807, 2.05) is 0 Å². The molecule has 0 aliphatic carbocycles. The summed E-state index contributed by atoms with van der Waals surface area (Å²) in [4.78, 5) is 44.4. The maximum absolute atomic E-state index is 13.0. The van der Waals surface area contributed by atoms with Gasteiger partial charge in [-0.1, -0.05) is 13.8 Å². The number of aliphatic imine (C=N–C) groups is 1. The van der Waals surface area contributed by atoms with Crippen LogP contribution in [0.3, 0.4) is 0 Å². The number of carbonyl (C=O) groups is 3. The number of dihydropyridines is 1. The number of rotatable bonds is 8. The van der Waals surface area contributed by atoms with Crippen molar-refractivity contribution in [1.29, 1.82) is 0 Å². The van der Waals surface area contributed by atoms with Gasteiger partial charge in [-0.25, -0.2) is 4.79 Å². The average molecular weight is 474 g/mol. The fraction of sp³-hybridized carbons (Fsp3) is 0.435. The molecule has 2 aliphatic rings. The van der Waals surface area contributed by atoms with Crippen molar-refractivity contribution in [2.24, 2.45) is 16.8 Å². The summed E-state index contributed by atoms with van der Waals surface area (Å²) in [6, 6.07) is 4.70. The van der Waals surface area contributed by atoms with Crippen molar-refractivity contribution in [3.8, 4) is 11.5 Å². The summed E-state index contributed by atoms with van der Waals surface area (Å²) in [7, 11) is 6.14. The Hall–Kier alpha value is -3.14. The van der Waals surface area contributed by atoms with Gasteiger partial charge in [-0.15, -0.1) is 16.8 Å². The third kappa shape index (κ3) is 5.11. The topological polar surface area (TPSA) is 100 Å². The zero-order valence-electron chi connectivity index (χ0n) is 19.7. The molecule has 0 saturated carbocycles. The van der Waals surface area contributed by atoms with Gasteiger partial charge in [-0.3, -0.25) is 9.59 Å². The summed E-state index contributed by atoms with van der Waals surface area (Å²) < 4.78 is 11.9. The number of carbonyl (C=O) groups excluding carboxylic acids is 3. The number of nitrogens with zero attached hydrogens (tertiary/aromatic N) is 3. The Kier molecular flexibility index (Phi) is 7.57. The van der Waals surface area contributed by atoms with E-state index in [1.165, 1.54) is 30.5 Å². The van der Waals surface area contributed by atoms with Gasteiger partial charge in [0.15, 0.2) is 17.4 Å². The van der Waals surface area contributed by atoms with Crippen LogP contribution in [0.2, 0.25) is 0 Å². The van der Waals surface area contributed by atoms with Crippen molar-refractivity contribution in [3.05, 3.63) is 28.7 Å². The summed E-state index contributed by atoms with van der Waals surface area (Å²) in [5.74, 6) is 0.626. The highest BCUT2D eigenvalue weighted by atomic mass is 32.2. The third-order valence-corrected chi connectivity index (χ3v) is 6.55. The second-order valence-corrected chi connectivity index (χ2v) is 9.20. The molecule has 0 radical (unpaired) electrons. The molecule has 0 fully saturated rings. The normalized spacial score (nSPS) is 18.2. The van der Waals surface area contributed by atoms with Crippen LogP contribution in [-0.4, -0.2) is 73.4 Å². The molecule has 4 amide bonds. The Balaban J connectivity index is 1.83. The lowest BCUT2D eigenvalue weighted by atomic mass is 9.94. The van der Waals surface area contributed by atoms with Crippen LogP contribution in [0.5, 0.6) is 11.5 Å². The van der Waals surface area contributed by atoms with Crippen LogP contribution >= 0.6 is 11.8 Å². The Morgan fingerprint density at radius 2 is 1.94 bits per heavy atom. The third-order valence-electron chi connectivity index (χ3n) is 5.34. The maximum Gasteiger partial charge on any atom is 0.445 e. The second-order valence-electron chi connectivity index (χ2n) is 8.18. The molecule has 1 atom stereocenters. The number of nitrogens with one attached hydrogen (secondary N) is 1. The van der Waals surface area contributed by atoms with Gasteiger partial charge in [0.25, 0.3) is 5.84 Å². The molecule has 2 aliphatic heterocycles. The van der Waals surface area contributed by atoms with Gasteiger partial charge in [-0.05, 0) is 30.0 Å². The summed E-state index contributed by atoms with van der Waals surface area (Å²) in [6.07, 6.45) is 2.42. The number of urea groups is 1. The average Bonchev–Trinajstić information content (AvgIpc) is 2.79. The van der Waals surface area contributed by atoms with E-state index in [1.54, 1.807) is 38.6 Å². The summed E-state index contributed by atoms with van der Waals surface area (Å²) >= 11 is 1.30. The van der Waals surface area contributed by atoms with E-state index in [0.717, 1.165) is 15.4 Å². The van der Waals surface area contributed by atoms with Crippen molar-refractivity contribution in [2.45, 2.75) is 20.3 Å². The predicted molar refractivity (Wildman–Crippen MR) is 128 cm³/mol. The van der Waals surface area contributed by atoms with Crippen LogP contribution in [0.4, 0.5) is 10.5 Å². The zero-order chi connectivity index (χ0) is 24.3. The highest BCUT2D eigenvalue weighted by Crippen LogP contribution is 2.37. The Labute approximate surface area is 197 Å². The molecular formula is C23H29N4O5S+. The highest BCUT2D eigenvalue weighted by Gasteiger charge is 2.48. The van der Waals surface area contributed by atoms with Gasteiger partial charge in [0, 0.05) is 16.7 Å². The van der Waals surface area contributed by atoms with Crippen LogP contribution in [0.25, 0.3) is 0 Å². The second kappa shape index (κ2) is 10.2. The number of hydrogen-bond donors (Lipinski definition) is 1. The Morgan fingerprint density at radius 1 is 1.24 bits per heavy atom. The van der Waals surface area contributed by atoms with Crippen molar-refractivity contribution in [3.63, 3.8) is 0 Å². The molecular weight excluding hydrogens is 444 g/mol. The number of anilines is 1. The van der Waals surface area contributed by atoms with Crippen molar-refractivity contribution in [2.75, 3.05) is 39.4 Å². The Bertz CT molecular complexity index is 1080. The smallest absolute Gasteiger partial charge is 0.445 e. The molecule has 1 aromatic rings. The number of allylic oxidation sites excluding steroid dienone is 1. The van der Waals surface area contributed by atoms with Crippen LogP contribution in [0, 0.1) is 11.8 Å². The van der Waals surface area contributed by atoms with Crippen LogP contribution in [0.15, 0.2) is 33.7 Å². The van der Waals surface area contributed by atoms with Crippen LogP contribution in [0.1, 0.15) is 20.3 Å². The number of hydrogen-bond acceptors (Lipinski definition) is 7. The van der Waals surface area contributed by atoms with E-state index in [2.05, 4.69) is 24.2 Å². The molecule has 10 heteroatoms. The first kappa shape index (κ1) is 24.5. The van der Waals surface area contributed by atoms with Gasteiger partial charge in [0.1, 0.15) is 6.21 Å². The van der Waals surface area contributed by atoms with Crippen molar-refractivity contribution in [1.82, 2.24) is 4.90 Å². The number of amides is 4. The minimum Gasteiger partial charge on any atom is -0.493 e. The van der Waals surface area contributed by atoms with E-state index < -0.39 is 11.9 Å². The van der Waals surface area contributed by atoms with Gasteiger partial charge in [0.05, 0.1) is 34.1 Å². The number of fused-ring (bicyclic) bond motifs is 1. The molecule has 176 valence electrons. The van der Waals surface area contributed by atoms with Crippen molar-refractivity contribution < 1.29 is 28.4 Å². The molecule has 3 rings (SSSR count). The first-order chi connectivity index (χ1) is 15.7. The minimum atomic E-state index is -0.699. The van der Waals surface area contributed by atoms with Gasteiger partial charge in [-0.2, -0.15) is 9.48 Å². The maximum atomic E-state index is 13.0. The number of benzene rings is 1. The Morgan fingerprint density at radius 3 is 2.58 bits per heavy atom. The first-order valence-corrected chi connectivity index (χ1v) is 11.5. The first-order valence-electron chi connectivity index (χ1n) is 10.5. The zero-order valence-corrected chi connectivity index (χ0v) is 20.5. The number of methoxy groups -OCH3 is 2. The van der Waals surface area contributed by atoms with E-state index >= 15 is 0 Å². The van der Waals surface area contributed by atoms with Gasteiger partial charge < -0.3 is 14.8 Å². The predicted octanol–water partition coefficient (Wildman–Crippen LogP) is 3.01. The standard InChI is InChI=1S/C23H28N4O5S/c1-13(2)9-14-11-24-21-19(22(29)27(4)23(30)26(21)3)20(14)33-12-18(28)25-15-7-8-16(31-5)17(10-15)32-6/h7-8,10-11,13,19H,9,12H2,1-6H3/p+1. The van der Waals surface area contributed by atoms with E-state index in [-0.39, 0.29) is 17.6 Å². The number of amidine groups is 1. The minimum absolute atomic E-state index is 0.0948. The lowest BCUT2D eigenvalue weighted by molar-refractivity contribution is -0.407. The SMILES string of the molecule is COc1ccc(NC(=O)CSC2=C(CC(C)C)C=NC3=[N+](C)C(=O)N(C)C(=O)C23)cc1OC. The molecule has 9 nitrogen and oxygen atoms in total. The molecule has 1 aromatic carbocycles. The van der Waals surface area contributed by atoms with Crippen molar-refractivity contribution >= 4 is 47.3 Å². The molecule has 33 heavy (non-hydrogen) atoms. The highest BCUT2D eigenvalue weighted by molar-refractivity contribution is 8.03. The quantitative estimate of drug-likeness (QED) is 0.583. The molecule has 0 saturated heterocycles. The fourth-order valence-corrected chi connectivity index (χ4v) is 4.78. The number of imide groups is 1. The molecule has 1 N–H and O–H groups in total.